The molecule has 3 aromatic carbocycles. The van der Waals surface area contributed by atoms with Crippen molar-refractivity contribution in [1.29, 1.82) is 0 Å². The number of nitrogens with one attached hydrogen (secondary N) is 1. The minimum atomic E-state index is -0.951. The number of ether oxygens (including phenoxy) is 1. The van der Waals surface area contributed by atoms with E-state index in [0.717, 1.165) is 11.1 Å². The maximum Gasteiger partial charge on any atom is 0.314 e. The van der Waals surface area contributed by atoms with Crippen LogP contribution in [0.5, 0.6) is 11.5 Å². The van der Waals surface area contributed by atoms with Gasteiger partial charge >= 0.3 is 11.8 Å². The summed E-state index contributed by atoms with van der Waals surface area (Å²) in [6.07, 6.45) is 1.62. The number of hydrogen-bond donors (Lipinski definition) is 1. The fourth-order valence-corrected chi connectivity index (χ4v) is 4.26. The number of benzene rings is 3. The number of aromatic nitrogens is 1. The van der Waals surface area contributed by atoms with E-state index in [-0.39, 0.29) is 17.3 Å². The molecule has 0 unspecified atom stereocenters. The van der Waals surface area contributed by atoms with Gasteiger partial charge in [-0.15, -0.1) is 0 Å². The lowest BCUT2D eigenvalue weighted by atomic mass is 10.1. The number of aryl methyl sites for hydroxylation is 1. The zero-order valence-electron chi connectivity index (χ0n) is 21.1. The first-order valence-corrected chi connectivity index (χ1v) is 13.0. The second-order valence-corrected chi connectivity index (χ2v) is 10.2. The van der Waals surface area contributed by atoms with E-state index < -0.39 is 23.2 Å². The van der Waals surface area contributed by atoms with Gasteiger partial charge in [-0.05, 0) is 48.9 Å². The normalized spacial score (nSPS) is 10.7. The van der Waals surface area contributed by atoms with E-state index in [2.05, 4.69) is 21.2 Å². The number of hydrogen-bond acceptors (Lipinski definition) is 4. The van der Waals surface area contributed by atoms with Crippen LogP contribution in [0.4, 0.5) is 10.1 Å². The Morgan fingerprint density at radius 3 is 2.54 bits per heavy atom. The van der Waals surface area contributed by atoms with Gasteiger partial charge in [-0.3, -0.25) is 14.4 Å². The molecule has 0 bridgehead atoms. The summed E-state index contributed by atoms with van der Waals surface area (Å²) in [7, 11) is 1.46. The third kappa shape index (κ3) is 7.13. The second-order valence-electron chi connectivity index (χ2n) is 8.89. The van der Waals surface area contributed by atoms with Crippen molar-refractivity contribution < 1.29 is 18.7 Å². The minimum Gasteiger partial charge on any atom is -0.457 e. The molecule has 4 aromatic rings. The molecule has 0 fully saturated rings. The first-order valence-electron chi connectivity index (χ1n) is 11.8. The van der Waals surface area contributed by atoms with Crippen molar-refractivity contribution in [2.45, 2.75) is 20.0 Å². The van der Waals surface area contributed by atoms with Crippen LogP contribution in [0, 0.1) is 12.7 Å². The van der Waals surface area contributed by atoms with E-state index in [1.807, 2.05) is 31.2 Å². The zero-order chi connectivity index (χ0) is 28.1. The highest BCUT2D eigenvalue weighted by molar-refractivity contribution is 9.10. The van der Waals surface area contributed by atoms with Crippen LogP contribution in [0.3, 0.4) is 0 Å². The van der Waals surface area contributed by atoms with Crippen LogP contribution in [0.1, 0.15) is 16.7 Å². The minimum absolute atomic E-state index is 0.00258. The number of carbonyl (C=O) groups excluding carboxylic acids is 2. The molecule has 1 heterocycles. The van der Waals surface area contributed by atoms with Crippen LogP contribution in [0.25, 0.3) is 0 Å². The van der Waals surface area contributed by atoms with Crippen molar-refractivity contribution in [2.75, 3.05) is 12.4 Å². The summed E-state index contributed by atoms with van der Waals surface area (Å²) in [5.74, 6) is -1.68. The number of likely N-dealkylation sites (N-methyl/N-ethyl adjacent to an activating group) is 1. The number of halogens is 3. The van der Waals surface area contributed by atoms with Crippen LogP contribution >= 0.6 is 27.5 Å². The van der Waals surface area contributed by atoms with Crippen LogP contribution in [-0.2, 0) is 22.7 Å². The molecule has 2 amide bonds. The summed E-state index contributed by atoms with van der Waals surface area (Å²) >= 11 is 9.25. The summed E-state index contributed by atoms with van der Waals surface area (Å²) in [4.78, 5) is 39.8. The molecule has 10 heteroatoms. The van der Waals surface area contributed by atoms with Gasteiger partial charge in [0.05, 0.1) is 11.6 Å². The van der Waals surface area contributed by atoms with E-state index in [4.69, 9.17) is 16.3 Å². The highest BCUT2D eigenvalue weighted by Crippen LogP contribution is 2.31. The van der Waals surface area contributed by atoms with Crippen molar-refractivity contribution in [1.82, 2.24) is 9.47 Å². The third-order valence-electron chi connectivity index (χ3n) is 5.84. The van der Waals surface area contributed by atoms with Crippen molar-refractivity contribution in [3.05, 3.63) is 121 Å². The van der Waals surface area contributed by atoms with Gasteiger partial charge in [0.1, 0.15) is 23.0 Å². The summed E-state index contributed by atoms with van der Waals surface area (Å²) < 4.78 is 21.6. The summed E-state index contributed by atoms with van der Waals surface area (Å²) in [5, 5.41) is 2.34. The van der Waals surface area contributed by atoms with Crippen LogP contribution in [0.15, 0.2) is 88.3 Å². The van der Waals surface area contributed by atoms with Gasteiger partial charge in [0.25, 0.3) is 5.56 Å². The fourth-order valence-electron chi connectivity index (χ4n) is 3.74. The molecule has 0 saturated heterocycles. The standard InChI is InChI=1S/C29H24BrClFN3O4/c1-18-5-7-19(8-6-18)16-35-13-3-4-25(28(35)37)33-27(36)29(38)34(2)17-20-9-10-21(30)14-26(20)39-22-11-12-24(32)23(31)15-22/h3-15H,16-17H2,1-2H3,(H,33,36). The molecule has 0 aliphatic heterocycles. The van der Waals surface area contributed by atoms with Crippen LogP contribution < -0.4 is 15.6 Å². The van der Waals surface area contributed by atoms with Crippen LogP contribution in [0.2, 0.25) is 5.02 Å². The lowest BCUT2D eigenvalue weighted by Gasteiger charge is -2.19. The fraction of sp³-hybridized carbons (Fsp3) is 0.138. The largest absolute Gasteiger partial charge is 0.457 e. The second kappa shape index (κ2) is 12.3. The van der Waals surface area contributed by atoms with E-state index in [1.165, 1.54) is 40.8 Å². The van der Waals surface area contributed by atoms with Crippen molar-refractivity contribution >= 4 is 45.0 Å². The Kier molecular flexibility index (Phi) is 8.83. The highest BCUT2D eigenvalue weighted by Gasteiger charge is 2.22. The average Bonchev–Trinajstić information content (AvgIpc) is 2.90. The Balaban J connectivity index is 1.46. The lowest BCUT2D eigenvalue weighted by molar-refractivity contribution is -0.142. The van der Waals surface area contributed by atoms with Crippen molar-refractivity contribution in [3.8, 4) is 11.5 Å². The molecule has 0 spiro atoms. The number of nitrogens with zero attached hydrogens (tertiary/aromatic N) is 2. The quantitative estimate of drug-likeness (QED) is 0.254. The predicted octanol–water partition coefficient (Wildman–Crippen LogP) is 6.15. The Morgan fingerprint density at radius 2 is 1.82 bits per heavy atom. The molecule has 0 saturated carbocycles. The maximum atomic E-state index is 13.5. The van der Waals surface area contributed by atoms with E-state index in [0.29, 0.717) is 28.1 Å². The Morgan fingerprint density at radius 1 is 1.08 bits per heavy atom. The van der Waals surface area contributed by atoms with Gasteiger partial charge in [0.15, 0.2) is 0 Å². The topological polar surface area (TPSA) is 80.6 Å². The smallest absolute Gasteiger partial charge is 0.314 e. The molecule has 7 nitrogen and oxygen atoms in total. The molecule has 0 aliphatic rings. The van der Waals surface area contributed by atoms with Crippen LogP contribution in [-0.4, -0.2) is 28.3 Å². The van der Waals surface area contributed by atoms with Gasteiger partial charge in [0.2, 0.25) is 0 Å². The molecular weight excluding hydrogens is 589 g/mol. The Labute approximate surface area is 237 Å². The molecule has 1 aromatic heterocycles. The Hall–Kier alpha value is -3.95. The highest BCUT2D eigenvalue weighted by atomic mass is 79.9. The monoisotopic (exact) mass is 611 g/mol. The van der Waals surface area contributed by atoms with Crippen molar-refractivity contribution in [2.24, 2.45) is 0 Å². The number of pyridine rings is 1. The summed E-state index contributed by atoms with van der Waals surface area (Å²) in [6.45, 7) is 2.32. The van der Waals surface area contributed by atoms with Gasteiger partial charge in [-0.25, -0.2) is 4.39 Å². The first kappa shape index (κ1) is 28.1. The van der Waals surface area contributed by atoms with E-state index >= 15 is 0 Å². The van der Waals surface area contributed by atoms with E-state index in [9.17, 15) is 18.8 Å². The van der Waals surface area contributed by atoms with Crippen molar-refractivity contribution in [3.63, 3.8) is 0 Å². The molecule has 0 radical (unpaired) electrons. The number of anilines is 1. The average molecular weight is 613 g/mol. The molecule has 4 rings (SSSR count). The zero-order valence-corrected chi connectivity index (χ0v) is 23.4. The molecular formula is C29H24BrClFN3O4. The molecule has 200 valence electrons. The van der Waals surface area contributed by atoms with Gasteiger partial charge in [-0.2, -0.15) is 0 Å². The third-order valence-corrected chi connectivity index (χ3v) is 6.62. The molecule has 39 heavy (non-hydrogen) atoms. The molecule has 1 N–H and O–H groups in total. The number of carbonyl (C=O) groups is 2. The summed E-state index contributed by atoms with van der Waals surface area (Å²) in [5.41, 5.74) is 2.19. The van der Waals surface area contributed by atoms with E-state index in [1.54, 1.807) is 30.5 Å². The van der Waals surface area contributed by atoms with Gasteiger partial charge in [-0.1, -0.05) is 63.4 Å². The van der Waals surface area contributed by atoms with Gasteiger partial charge < -0.3 is 19.5 Å². The first-order chi connectivity index (χ1) is 18.6. The molecule has 0 aliphatic carbocycles. The summed E-state index contributed by atoms with van der Waals surface area (Å²) in [6, 6.07) is 20.0. The molecule has 0 atom stereocenters. The maximum absolute atomic E-state index is 13.5. The number of rotatable bonds is 7. The SMILES string of the molecule is Cc1ccc(Cn2cccc(NC(=O)C(=O)N(C)Cc3ccc(Br)cc3Oc3ccc(F)c(Cl)c3)c2=O)cc1. The Bertz CT molecular complexity index is 1590. The lowest BCUT2D eigenvalue weighted by Crippen LogP contribution is -2.38. The number of amides is 2. The van der Waals surface area contributed by atoms with Gasteiger partial charge in [0, 0.05) is 35.9 Å². The predicted molar refractivity (Wildman–Crippen MR) is 152 cm³/mol.